The van der Waals surface area contributed by atoms with Gasteiger partial charge in [0.1, 0.15) is 0 Å². The second-order valence-electron chi connectivity index (χ2n) is 5.66. The Morgan fingerprint density at radius 2 is 1.75 bits per heavy atom. The molecule has 102 valence electrons. The minimum absolute atomic E-state index is 0.349. The van der Waals surface area contributed by atoms with Crippen molar-refractivity contribution in [2.75, 3.05) is 6.54 Å². The van der Waals surface area contributed by atoms with Crippen molar-refractivity contribution in [3.05, 3.63) is 69.7 Å². The van der Waals surface area contributed by atoms with Crippen LogP contribution in [0.25, 0.3) is 0 Å². The van der Waals surface area contributed by atoms with Crippen molar-refractivity contribution in [3.8, 4) is 0 Å². The van der Waals surface area contributed by atoms with Crippen LogP contribution in [0.3, 0.4) is 0 Å². The largest absolute Gasteiger partial charge is 0.296 e. The standard InChI is InChI=1S/C17H17BrN2/c18-15-7-5-12(6-8-15)17-19-10-16-9-13-3-1-2-4-14(13)11-20(16)17/h1-8,16-17,19H,9-11H2/t16-,17+/m1/s1. The molecule has 3 heteroatoms. The third-order valence-corrected chi connectivity index (χ3v) is 4.99. The van der Waals surface area contributed by atoms with Crippen molar-refractivity contribution in [2.24, 2.45) is 0 Å². The number of benzene rings is 2. The van der Waals surface area contributed by atoms with Crippen molar-refractivity contribution < 1.29 is 0 Å². The van der Waals surface area contributed by atoms with Gasteiger partial charge in [0.05, 0.1) is 6.17 Å². The molecule has 0 aromatic heterocycles. The molecule has 2 aromatic carbocycles. The Labute approximate surface area is 127 Å². The van der Waals surface area contributed by atoms with E-state index in [-0.39, 0.29) is 0 Å². The quantitative estimate of drug-likeness (QED) is 0.862. The average molecular weight is 329 g/mol. The molecule has 2 aliphatic rings. The van der Waals surface area contributed by atoms with Crippen LogP contribution in [-0.2, 0) is 13.0 Å². The molecule has 0 aliphatic carbocycles. The number of fused-ring (bicyclic) bond motifs is 2. The Hall–Kier alpha value is -1.16. The van der Waals surface area contributed by atoms with Gasteiger partial charge in [0, 0.05) is 23.6 Å². The van der Waals surface area contributed by atoms with E-state index in [1.165, 1.54) is 16.7 Å². The van der Waals surface area contributed by atoms with Crippen molar-refractivity contribution in [1.82, 2.24) is 10.2 Å². The first-order chi connectivity index (χ1) is 9.81. The molecule has 0 spiro atoms. The van der Waals surface area contributed by atoms with Gasteiger partial charge in [0.25, 0.3) is 0 Å². The topological polar surface area (TPSA) is 15.3 Å². The van der Waals surface area contributed by atoms with Crippen molar-refractivity contribution in [2.45, 2.75) is 25.2 Å². The summed E-state index contributed by atoms with van der Waals surface area (Å²) in [7, 11) is 0. The summed E-state index contributed by atoms with van der Waals surface area (Å²) in [6, 6.07) is 18.2. The predicted molar refractivity (Wildman–Crippen MR) is 84.4 cm³/mol. The van der Waals surface area contributed by atoms with E-state index in [9.17, 15) is 0 Å². The fraction of sp³-hybridized carbons (Fsp3) is 0.294. The third-order valence-electron chi connectivity index (χ3n) is 4.46. The highest BCUT2D eigenvalue weighted by Crippen LogP contribution is 2.34. The minimum atomic E-state index is 0.349. The lowest BCUT2D eigenvalue weighted by Gasteiger charge is -2.34. The molecule has 1 N–H and O–H groups in total. The van der Waals surface area contributed by atoms with Gasteiger partial charge < -0.3 is 0 Å². The fourth-order valence-electron chi connectivity index (χ4n) is 3.42. The molecule has 2 aliphatic heterocycles. The zero-order valence-electron chi connectivity index (χ0n) is 11.2. The molecule has 1 saturated heterocycles. The molecule has 2 aromatic rings. The SMILES string of the molecule is Brc1ccc([C@H]2NC[C@H]3Cc4ccccc4CN32)cc1. The maximum absolute atomic E-state index is 3.68. The Kier molecular flexibility index (Phi) is 3.14. The maximum atomic E-state index is 3.68. The van der Waals surface area contributed by atoms with Crippen LogP contribution in [0.5, 0.6) is 0 Å². The second kappa shape index (κ2) is 4.99. The zero-order chi connectivity index (χ0) is 13.5. The van der Waals surface area contributed by atoms with Gasteiger partial charge in [0.15, 0.2) is 0 Å². The van der Waals surface area contributed by atoms with Crippen molar-refractivity contribution in [1.29, 1.82) is 0 Å². The van der Waals surface area contributed by atoms with E-state index in [0.29, 0.717) is 12.2 Å². The summed E-state index contributed by atoms with van der Waals surface area (Å²) < 4.78 is 1.14. The summed E-state index contributed by atoms with van der Waals surface area (Å²) in [6.07, 6.45) is 1.51. The van der Waals surface area contributed by atoms with E-state index in [2.05, 4.69) is 74.7 Å². The molecule has 2 heterocycles. The Balaban J connectivity index is 1.65. The van der Waals surface area contributed by atoms with Gasteiger partial charge in [-0.15, -0.1) is 0 Å². The first kappa shape index (κ1) is 12.6. The molecule has 4 rings (SSSR count). The molecule has 0 unspecified atom stereocenters. The smallest absolute Gasteiger partial charge is 0.0867 e. The first-order valence-corrected chi connectivity index (χ1v) is 7.92. The predicted octanol–water partition coefficient (Wildman–Crippen LogP) is 3.48. The van der Waals surface area contributed by atoms with Crippen LogP contribution >= 0.6 is 15.9 Å². The van der Waals surface area contributed by atoms with Gasteiger partial charge in [-0.2, -0.15) is 0 Å². The molecular formula is C17H17BrN2. The van der Waals surface area contributed by atoms with Crippen LogP contribution in [0, 0.1) is 0 Å². The lowest BCUT2D eigenvalue weighted by Crippen LogP contribution is -2.38. The molecule has 0 saturated carbocycles. The Bertz CT molecular complexity index is 623. The number of rotatable bonds is 1. The van der Waals surface area contributed by atoms with Crippen LogP contribution in [0.1, 0.15) is 22.9 Å². The minimum Gasteiger partial charge on any atom is -0.296 e. The van der Waals surface area contributed by atoms with Gasteiger partial charge in [-0.05, 0) is 35.2 Å². The van der Waals surface area contributed by atoms with Crippen LogP contribution in [0.4, 0.5) is 0 Å². The Morgan fingerprint density at radius 1 is 1.00 bits per heavy atom. The molecule has 0 bridgehead atoms. The van der Waals surface area contributed by atoms with E-state index < -0.39 is 0 Å². The number of nitrogens with zero attached hydrogens (tertiary/aromatic N) is 1. The lowest BCUT2D eigenvalue weighted by atomic mass is 9.94. The van der Waals surface area contributed by atoms with E-state index in [4.69, 9.17) is 0 Å². The number of hydrogen-bond acceptors (Lipinski definition) is 2. The van der Waals surface area contributed by atoms with Gasteiger partial charge >= 0.3 is 0 Å². The summed E-state index contributed by atoms with van der Waals surface area (Å²) in [5, 5.41) is 3.68. The molecule has 2 nitrogen and oxygen atoms in total. The molecular weight excluding hydrogens is 312 g/mol. The number of hydrogen-bond donors (Lipinski definition) is 1. The van der Waals surface area contributed by atoms with Gasteiger partial charge in [-0.3, -0.25) is 10.2 Å². The molecule has 1 fully saturated rings. The van der Waals surface area contributed by atoms with Gasteiger partial charge in [-0.1, -0.05) is 52.3 Å². The average Bonchev–Trinajstić information content (AvgIpc) is 2.88. The lowest BCUT2D eigenvalue weighted by molar-refractivity contribution is 0.167. The highest BCUT2D eigenvalue weighted by Gasteiger charge is 2.36. The summed E-state index contributed by atoms with van der Waals surface area (Å²) in [5.74, 6) is 0. The molecule has 20 heavy (non-hydrogen) atoms. The van der Waals surface area contributed by atoms with Crippen LogP contribution in [0.2, 0.25) is 0 Å². The summed E-state index contributed by atoms with van der Waals surface area (Å²) >= 11 is 3.51. The summed E-state index contributed by atoms with van der Waals surface area (Å²) in [6.45, 7) is 2.13. The van der Waals surface area contributed by atoms with Gasteiger partial charge in [0.2, 0.25) is 0 Å². The summed E-state index contributed by atoms with van der Waals surface area (Å²) in [4.78, 5) is 2.60. The summed E-state index contributed by atoms with van der Waals surface area (Å²) in [5.41, 5.74) is 4.36. The van der Waals surface area contributed by atoms with E-state index in [1.54, 1.807) is 0 Å². The van der Waals surface area contributed by atoms with Crippen LogP contribution in [-0.4, -0.2) is 17.5 Å². The zero-order valence-corrected chi connectivity index (χ0v) is 12.8. The number of nitrogens with one attached hydrogen (secondary N) is 1. The Morgan fingerprint density at radius 3 is 2.55 bits per heavy atom. The number of halogens is 1. The third kappa shape index (κ3) is 2.10. The highest BCUT2D eigenvalue weighted by atomic mass is 79.9. The normalized spacial score (nSPS) is 25.2. The first-order valence-electron chi connectivity index (χ1n) is 7.12. The van der Waals surface area contributed by atoms with E-state index in [1.807, 2.05) is 0 Å². The molecule has 0 radical (unpaired) electrons. The van der Waals surface area contributed by atoms with Crippen LogP contribution < -0.4 is 5.32 Å². The maximum Gasteiger partial charge on any atom is 0.0867 e. The van der Waals surface area contributed by atoms with Gasteiger partial charge in [-0.25, -0.2) is 0 Å². The van der Waals surface area contributed by atoms with Crippen molar-refractivity contribution in [3.63, 3.8) is 0 Å². The molecule has 0 amide bonds. The fourth-order valence-corrected chi connectivity index (χ4v) is 3.68. The van der Waals surface area contributed by atoms with Crippen LogP contribution in [0.15, 0.2) is 53.0 Å². The van der Waals surface area contributed by atoms with E-state index >= 15 is 0 Å². The molecule has 2 atom stereocenters. The second-order valence-corrected chi connectivity index (χ2v) is 6.58. The highest BCUT2D eigenvalue weighted by molar-refractivity contribution is 9.10. The van der Waals surface area contributed by atoms with Crippen molar-refractivity contribution >= 4 is 15.9 Å². The van der Waals surface area contributed by atoms with E-state index in [0.717, 1.165) is 24.0 Å². The monoisotopic (exact) mass is 328 g/mol.